The third-order valence-corrected chi connectivity index (χ3v) is 3.73. The number of pyridine rings is 1. The minimum absolute atomic E-state index is 0.0619. The smallest absolute Gasteiger partial charge is 0.230 e. The molecule has 0 aliphatic carbocycles. The fourth-order valence-corrected chi connectivity index (χ4v) is 2.31. The Morgan fingerprint density at radius 1 is 1.25 bits per heavy atom. The number of hydrogen-bond acceptors (Lipinski definition) is 4. The summed E-state index contributed by atoms with van der Waals surface area (Å²) in [4.78, 5) is 16.4. The average molecular weight is 381 g/mol. The van der Waals surface area contributed by atoms with Gasteiger partial charge in [0.2, 0.25) is 11.1 Å². The molecule has 0 radical (unpaired) electrons. The van der Waals surface area contributed by atoms with Gasteiger partial charge in [0.05, 0.1) is 17.4 Å². The maximum absolute atomic E-state index is 12.3. The van der Waals surface area contributed by atoms with E-state index >= 15 is 0 Å². The lowest BCUT2D eigenvalue weighted by Gasteiger charge is -2.06. The number of hydrogen-bond donors (Lipinski definition) is 0. The van der Waals surface area contributed by atoms with Gasteiger partial charge in [-0.2, -0.15) is 0 Å². The predicted octanol–water partition coefficient (Wildman–Crippen LogP) is 3.55. The van der Waals surface area contributed by atoms with Gasteiger partial charge in [0.25, 0.3) is 0 Å². The molecule has 0 aliphatic rings. The number of benzene rings is 1. The molecule has 2 aromatic heterocycles. The number of ether oxygens (including phenoxy) is 1. The summed E-state index contributed by atoms with van der Waals surface area (Å²) in [5.74, 6) is 0.709. The monoisotopic (exact) mass is 381 g/mol. The highest BCUT2D eigenvalue weighted by atomic mass is 127. The van der Waals surface area contributed by atoms with E-state index in [1.165, 1.54) is 0 Å². The molecule has 0 saturated heterocycles. The summed E-state index contributed by atoms with van der Waals surface area (Å²) >= 11 is 2.31. The van der Waals surface area contributed by atoms with Crippen molar-refractivity contribution in [2.24, 2.45) is 0 Å². The highest BCUT2D eigenvalue weighted by Crippen LogP contribution is 2.22. The molecule has 0 bridgehead atoms. The van der Waals surface area contributed by atoms with Crippen LogP contribution in [0.25, 0.3) is 22.1 Å². The van der Waals surface area contributed by atoms with E-state index in [1.807, 2.05) is 0 Å². The molecule has 0 atom stereocenters. The van der Waals surface area contributed by atoms with E-state index in [9.17, 15) is 4.79 Å². The lowest BCUT2D eigenvalue weighted by molar-refractivity contribution is 0.319. The van der Waals surface area contributed by atoms with Gasteiger partial charge in [-0.05, 0) is 30.7 Å². The molecule has 3 aromatic rings. The summed E-state index contributed by atoms with van der Waals surface area (Å²) in [6, 6.07) is 8.74. The van der Waals surface area contributed by atoms with Crippen molar-refractivity contribution in [1.82, 2.24) is 4.98 Å². The number of alkyl halides is 1. The zero-order valence-corrected chi connectivity index (χ0v) is 12.8. The normalized spacial score (nSPS) is 11.1. The zero-order valence-electron chi connectivity index (χ0n) is 10.6. The molecule has 0 spiro atoms. The topological polar surface area (TPSA) is 52.3 Å². The van der Waals surface area contributed by atoms with Gasteiger partial charge >= 0.3 is 0 Å². The maximum Gasteiger partial charge on any atom is 0.230 e. The number of aromatic nitrogens is 1. The van der Waals surface area contributed by atoms with Crippen molar-refractivity contribution in [3.05, 3.63) is 46.8 Å². The summed E-state index contributed by atoms with van der Waals surface area (Å²) < 4.78 is 12.4. The van der Waals surface area contributed by atoms with Gasteiger partial charge in [-0.25, -0.2) is 4.98 Å². The zero-order chi connectivity index (χ0) is 13.9. The summed E-state index contributed by atoms with van der Waals surface area (Å²) in [6.45, 7) is 0.657. The summed E-state index contributed by atoms with van der Waals surface area (Å²) in [5, 5.41) is 1.05. The second-order valence-corrected chi connectivity index (χ2v) is 5.42. The number of fused-ring (bicyclic) bond motifs is 2. The third-order valence-electron chi connectivity index (χ3n) is 2.97. The number of halogens is 1. The quantitative estimate of drug-likeness (QED) is 0.300. The van der Waals surface area contributed by atoms with Crippen LogP contribution in [-0.4, -0.2) is 16.0 Å². The Morgan fingerprint density at radius 2 is 2.15 bits per heavy atom. The third kappa shape index (κ3) is 2.49. The molecular weight excluding hydrogens is 369 g/mol. The minimum atomic E-state index is -0.0619. The number of nitrogens with zero attached hydrogens (tertiary/aromatic N) is 1. The first kappa shape index (κ1) is 13.4. The SMILES string of the molecule is O=c1c2ccc(OCCCI)cc2oc2ncccc12. The fourth-order valence-electron chi connectivity index (χ4n) is 2.00. The maximum atomic E-state index is 12.3. The minimum Gasteiger partial charge on any atom is -0.493 e. The summed E-state index contributed by atoms with van der Waals surface area (Å²) in [6.07, 6.45) is 2.60. The van der Waals surface area contributed by atoms with Crippen molar-refractivity contribution in [3.63, 3.8) is 0 Å². The molecular formula is C15H12INO3. The van der Waals surface area contributed by atoms with Crippen LogP contribution in [0.3, 0.4) is 0 Å². The van der Waals surface area contributed by atoms with Gasteiger partial charge in [0.1, 0.15) is 11.3 Å². The van der Waals surface area contributed by atoms with Gasteiger partial charge in [-0.3, -0.25) is 4.79 Å². The molecule has 5 heteroatoms. The van der Waals surface area contributed by atoms with Gasteiger partial charge in [-0.15, -0.1) is 0 Å². The fraction of sp³-hybridized carbons (Fsp3) is 0.200. The van der Waals surface area contributed by atoms with Crippen LogP contribution in [0.1, 0.15) is 6.42 Å². The Bertz CT molecular complexity index is 813. The van der Waals surface area contributed by atoms with Crippen LogP contribution in [0.4, 0.5) is 0 Å². The van der Waals surface area contributed by atoms with Gasteiger partial charge in [-0.1, -0.05) is 22.6 Å². The molecule has 0 unspecified atom stereocenters. The Labute approximate surface area is 128 Å². The lowest BCUT2D eigenvalue weighted by Crippen LogP contribution is -2.03. The first-order valence-corrected chi connectivity index (χ1v) is 7.82. The Kier molecular flexibility index (Phi) is 3.86. The molecule has 0 fully saturated rings. The first-order chi connectivity index (χ1) is 9.79. The summed E-state index contributed by atoms with van der Waals surface area (Å²) in [5.41, 5.74) is 0.802. The molecule has 0 saturated carbocycles. The van der Waals surface area contributed by atoms with Crippen LogP contribution in [0, 0.1) is 0 Å². The van der Waals surface area contributed by atoms with E-state index in [1.54, 1.807) is 36.5 Å². The van der Waals surface area contributed by atoms with Crippen molar-refractivity contribution in [3.8, 4) is 5.75 Å². The highest BCUT2D eigenvalue weighted by molar-refractivity contribution is 14.1. The van der Waals surface area contributed by atoms with Crippen LogP contribution < -0.4 is 10.2 Å². The van der Waals surface area contributed by atoms with Crippen LogP contribution in [0.15, 0.2) is 45.7 Å². The molecule has 102 valence electrons. The molecule has 3 rings (SSSR count). The van der Waals surface area contributed by atoms with E-state index in [-0.39, 0.29) is 5.43 Å². The Hall–Kier alpha value is -1.63. The van der Waals surface area contributed by atoms with Crippen molar-refractivity contribution in [1.29, 1.82) is 0 Å². The van der Waals surface area contributed by atoms with Crippen molar-refractivity contribution in [2.75, 3.05) is 11.0 Å². The van der Waals surface area contributed by atoms with Crippen LogP contribution >= 0.6 is 22.6 Å². The second-order valence-electron chi connectivity index (χ2n) is 4.34. The largest absolute Gasteiger partial charge is 0.493 e. The average Bonchev–Trinajstić information content (AvgIpc) is 2.48. The summed E-state index contributed by atoms with van der Waals surface area (Å²) in [7, 11) is 0. The predicted molar refractivity (Wildman–Crippen MR) is 86.8 cm³/mol. The molecule has 20 heavy (non-hydrogen) atoms. The van der Waals surface area contributed by atoms with E-state index in [0.717, 1.165) is 10.8 Å². The van der Waals surface area contributed by atoms with Crippen molar-refractivity contribution < 1.29 is 9.15 Å². The Morgan fingerprint density at radius 3 is 3.00 bits per heavy atom. The Balaban J connectivity index is 2.10. The molecule has 2 heterocycles. The van der Waals surface area contributed by atoms with Crippen molar-refractivity contribution >= 4 is 44.7 Å². The molecule has 0 aliphatic heterocycles. The standard InChI is InChI=1S/C15H12INO3/c16-6-2-8-19-10-4-5-11-13(9-10)20-15-12(14(11)18)3-1-7-17-15/h1,3-5,7,9H,2,6,8H2. The molecule has 0 amide bonds. The van der Waals surface area contributed by atoms with E-state index < -0.39 is 0 Å². The van der Waals surface area contributed by atoms with Crippen LogP contribution in [0.2, 0.25) is 0 Å². The number of rotatable bonds is 4. The van der Waals surface area contributed by atoms with Crippen molar-refractivity contribution in [2.45, 2.75) is 6.42 Å². The highest BCUT2D eigenvalue weighted by Gasteiger charge is 2.08. The molecule has 4 nitrogen and oxygen atoms in total. The van der Waals surface area contributed by atoms with E-state index in [4.69, 9.17) is 9.15 Å². The second kappa shape index (κ2) is 5.78. The molecule has 0 N–H and O–H groups in total. The van der Waals surface area contributed by atoms with Crippen LogP contribution in [0.5, 0.6) is 5.75 Å². The van der Waals surface area contributed by atoms with Crippen LogP contribution in [-0.2, 0) is 0 Å². The molecule has 1 aromatic carbocycles. The van der Waals surface area contributed by atoms with E-state index in [0.29, 0.717) is 34.4 Å². The van der Waals surface area contributed by atoms with Gasteiger partial charge in [0, 0.05) is 16.7 Å². The van der Waals surface area contributed by atoms with Gasteiger partial charge in [0.15, 0.2) is 0 Å². The lowest BCUT2D eigenvalue weighted by atomic mass is 10.2. The van der Waals surface area contributed by atoms with E-state index in [2.05, 4.69) is 27.6 Å². The van der Waals surface area contributed by atoms with Gasteiger partial charge < -0.3 is 9.15 Å². The first-order valence-electron chi connectivity index (χ1n) is 6.30.